The minimum atomic E-state index is -0.604. The van der Waals surface area contributed by atoms with Crippen molar-refractivity contribution in [1.82, 2.24) is 15.0 Å². The monoisotopic (exact) mass is 883 g/mol. The van der Waals surface area contributed by atoms with E-state index in [0.717, 1.165) is 16.7 Å². The lowest BCUT2D eigenvalue weighted by molar-refractivity contribution is 0.588. The van der Waals surface area contributed by atoms with Gasteiger partial charge in [0.1, 0.15) is 0 Å². The van der Waals surface area contributed by atoms with Crippen molar-refractivity contribution in [2.24, 2.45) is 0 Å². The molecule has 1 aromatic heterocycles. The Labute approximate surface area is 404 Å². The normalized spacial score (nSPS) is 16.8. The maximum atomic E-state index is 5.66. The van der Waals surface area contributed by atoms with Crippen molar-refractivity contribution in [3.8, 4) is 67.5 Å². The van der Waals surface area contributed by atoms with Crippen molar-refractivity contribution in [1.29, 1.82) is 0 Å². The third kappa shape index (κ3) is 5.31. The lowest BCUT2D eigenvalue weighted by Crippen LogP contribution is -2.29. The molecule has 9 aromatic carbocycles. The summed E-state index contributed by atoms with van der Waals surface area (Å²) in [7, 11) is 0. The van der Waals surface area contributed by atoms with Gasteiger partial charge in [-0.2, -0.15) is 0 Å². The van der Waals surface area contributed by atoms with Crippen LogP contribution in [0.5, 0.6) is 0 Å². The number of hydrogen-bond acceptors (Lipinski definition) is 3. The van der Waals surface area contributed by atoms with Gasteiger partial charge < -0.3 is 0 Å². The van der Waals surface area contributed by atoms with Crippen molar-refractivity contribution in [2.45, 2.75) is 56.3 Å². The number of fused-ring (bicyclic) bond motifs is 14. The molecule has 0 N–H and O–H groups in total. The maximum absolute atomic E-state index is 5.66. The molecule has 328 valence electrons. The molecule has 10 aromatic rings. The van der Waals surface area contributed by atoms with E-state index in [2.05, 4.69) is 241 Å². The van der Waals surface area contributed by atoms with Crippen molar-refractivity contribution >= 4 is 0 Å². The minimum Gasteiger partial charge on any atom is -0.208 e. The molecule has 1 spiro atoms. The van der Waals surface area contributed by atoms with Crippen LogP contribution in [0.4, 0.5) is 0 Å². The summed E-state index contributed by atoms with van der Waals surface area (Å²) in [6.07, 6.45) is 0. The number of hydrogen-bond donors (Lipinski definition) is 0. The van der Waals surface area contributed by atoms with Gasteiger partial charge in [-0.25, -0.2) is 15.0 Å². The second-order valence-corrected chi connectivity index (χ2v) is 21.1. The fraction of sp³-hybridized carbons (Fsp3) is 0.136. The summed E-state index contributed by atoms with van der Waals surface area (Å²) < 4.78 is 0. The molecule has 1 aliphatic heterocycles. The van der Waals surface area contributed by atoms with Gasteiger partial charge in [0.2, 0.25) is 0 Å². The zero-order valence-corrected chi connectivity index (χ0v) is 39.5. The van der Waals surface area contributed by atoms with E-state index >= 15 is 0 Å². The molecule has 2 heterocycles. The van der Waals surface area contributed by atoms with E-state index in [4.69, 9.17) is 15.0 Å². The first kappa shape index (κ1) is 40.1. The van der Waals surface area contributed by atoms with Gasteiger partial charge in [-0.1, -0.05) is 223 Å². The molecule has 0 amide bonds. The van der Waals surface area contributed by atoms with Crippen LogP contribution in [0.3, 0.4) is 0 Å². The Morgan fingerprint density at radius 3 is 1.42 bits per heavy atom. The summed E-state index contributed by atoms with van der Waals surface area (Å²) in [5.74, 6) is 1.97. The van der Waals surface area contributed by atoms with E-state index < -0.39 is 16.2 Å². The highest BCUT2D eigenvalue weighted by Crippen LogP contribution is 2.65. The van der Waals surface area contributed by atoms with E-state index in [9.17, 15) is 0 Å². The molecule has 0 radical (unpaired) electrons. The molecule has 69 heavy (non-hydrogen) atoms. The second kappa shape index (κ2) is 14.0. The molecule has 1 atom stereocenters. The van der Waals surface area contributed by atoms with Gasteiger partial charge >= 0.3 is 0 Å². The minimum absolute atomic E-state index is 0.0456. The van der Waals surface area contributed by atoms with Gasteiger partial charge in [-0.3, -0.25) is 0 Å². The van der Waals surface area contributed by atoms with E-state index in [1.807, 2.05) is 0 Å². The Hall–Kier alpha value is -8.01. The van der Waals surface area contributed by atoms with Gasteiger partial charge in [-0.05, 0) is 118 Å². The van der Waals surface area contributed by atoms with Gasteiger partial charge in [0, 0.05) is 22.1 Å². The SMILES string of the molecule is CC(C)(C)c1ccc2c(c1)C13c4ccccc4-c4ccc(cc41)-c1nc(-c4ccccc4)nc(n1)-c1cc4c(cc1C(C)(C)c1ccc-2c3c1)-c1ccccc1C4(c1ccccc1)c1ccccc1. The Kier molecular flexibility index (Phi) is 8.15. The second-order valence-electron chi connectivity index (χ2n) is 21.1. The van der Waals surface area contributed by atoms with Crippen LogP contribution >= 0.6 is 0 Å². The van der Waals surface area contributed by atoms with Gasteiger partial charge in [-0.15, -0.1) is 0 Å². The van der Waals surface area contributed by atoms with Crippen molar-refractivity contribution < 1.29 is 0 Å². The zero-order chi connectivity index (χ0) is 46.4. The summed E-state index contributed by atoms with van der Waals surface area (Å²) in [5.41, 5.74) is 22.7. The van der Waals surface area contributed by atoms with Crippen LogP contribution < -0.4 is 0 Å². The lowest BCUT2D eigenvalue weighted by atomic mass is 9.66. The summed E-state index contributed by atoms with van der Waals surface area (Å²) in [6.45, 7) is 11.8. The number of benzene rings is 9. The van der Waals surface area contributed by atoms with Crippen LogP contribution in [-0.2, 0) is 21.7 Å². The fourth-order valence-electron chi connectivity index (χ4n) is 12.9. The smallest absolute Gasteiger partial charge is 0.164 e. The van der Waals surface area contributed by atoms with E-state index in [0.29, 0.717) is 17.5 Å². The molecule has 14 rings (SSSR count). The maximum Gasteiger partial charge on any atom is 0.164 e. The average Bonchev–Trinajstić information content (AvgIpc) is 3.97. The zero-order valence-electron chi connectivity index (χ0n) is 39.5. The average molecular weight is 884 g/mol. The molecule has 3 heteroatoms. The number of nitrogens with zero attached hydrogens (tertiary/aromatic N) is 3. The Morgan fingerprint density at radius 2 is 0.768 bits per heavy atom. The summed E-state index contributed by atoms with van der Waals surface area (Å²) >= 11 is 0. The Morgan fingerprint density at radius 1 is 0.304 bits per heavy atom. The third-order valence-corrected chi connectivity index (χ3v) is 16.2. The predicted molar refractivity (Wildman–Crippen MR) is 281 cm³/mol. The van der Waals surface area contributed by atoms with Crippen LogP contribution in [-0.4, -0.2) is 15.0 Å². The molecular formula is C66H49N3. The first-order valence-electron chi connectivity index (χ1n) is 24.3. The van der Waals surface area contributed by atoms with Crippen molar-refractivity contribution in [3.05, 3.63) is 267 Å². The molecule has 1 unspecified atom stereocenters. The molecule has 0 saturated carbocycles. The summed E-state index contributed by atoms with van der Waals surface area (Å²) in [6, 6.07) is 77.3. The van der Waals surface area contributed by atoms with Crippen LogP contribution in [0.15, 0.2) is 206 Å². The van der Waals surface area contributed by atoms with Gasteiger partial charge in [0.25, 0.3) is 0 Å². The van der Waals surface area contributed by atoms with Crippen LogP contribution in [0.2, 0.25) is 0 Å². The van der Waals surface area contributed by atoms with Crippen molar-refractivity contribution in [2.75, 3.05) is 0 Å². The molecule has 4 aliphatic rings. The number of rotatable bonds is 3. The largest absolute Gasteiger partial charge is 0.208 e. The molecule has 0 fully saturated rings. The standard InChI is InChI=1S/C66H49N3/c1-63(2,3)44-30-33-49-50-34-31-45-37-58(50)66(57(49)36-44)54-28-18-15-25-46(54)48-32-29-41(35-56(48)66)61-67-60(40-19-9-6-10-20-40)68-62(69-61)52-39-59-51(38-55(52)64(45,4)5)47-26-16-17-27-53(47)65(59,42-21-11-7-12-22-42)43-23-13-8-14-24-43/h6-39H,1-5H3. The highest BCUT2D eigenvalue weighted by Gasteiger charge is 2.53. The van der Waals surface area contributed by atoms with Crippen LogP contribution in [0, 0.1) is 0 Å². The van der Waals surface area contributed by atoms with Gasteiger partial charge in [0.15, 0.2) is 17.5 Å². The lowest BCUT2D eigenvalue weighted by Gasteiger charge is -2.35. The Balaban J connectivity index is 1.15. The first-order chi connectivity index (χ1) is 33.6. The highest BCUT2D eigenvalue weighted by atomic mass is 15.0. The van der Waals surface area contributed by atoms with Crippen LogP contribution in [0.25, 0.3) is 67.5 Å². The first-order valence-corrected chi connectivity index (χ1v) is 24.3. The van der Waals surface area contributed by atoms with E-state index in [1.165, 1.54) is 94.6 Å². The van der Waals surface area contributed by atoms with Crippen LogP contribution in [0.1, 0.15) is 95.8 Å². The highest BCUT2D eigenvalue weighted by molar-refractivity contribution is 5.97. The van der Waals surface area contributed by atoms with E-state index in [1.54, 1.807) is 0 Å². The Bertz CT molecular complexity index is 3750. The molecular weight excluding hydrogens is 835 g/mol. The quantitative estimate of drug-likeness (QED) is 0.177. The molecule has 6 bridgehead atoms. The summed E-state index contributed by atoms with van der Waals surface area (Å²) in [4.78, 5) is 16.6. The van der Waals surface area contributed by atoms with Crippen molar-refractivity contribution in [3.63, 3.8) is 0 Å². The van der Waals surface area contributed by atoms with Gasteiger partial charge in [0.05, 0.1) is 10.8 Å². The molecule has 0 saturated heterocycles. The van der Waals surface area contributed by atoms with E-state index in [-0.39, 0.29) is 5.41 Å². The predicted octanol–water partition coefficient (Wildman–Crippen LogP) is 15.5. The topological polar surface area (TPSA) is 38.7 Å². The fourth-order valence-corrected chi connectivity index (χ4v) is 12.9. The summed E-state index contributed by atoms with van der Waals surface area (Å²) in [5, 5.41) is 0. The molecule has 3 nitrogen and oxygen atoms in total. The molecule has 3 aliphatic carbocycles. The number of aromatic nitrogens is 3. The third-order valence-electron chi connectivity index (χ3n) is 16.2.